The predicted octanol–water partition coefficient (Wildman–Crippen LogP) is 15.3. The summed E-state index contributed by atoms with van der Waals surface area (Å²) in [6, 6.07) is 43.0. The third-order valence-corrected chi connectivity index (χ3v) is 11.6. The first kappa shape index (κ1) is 44.9. The number of hydrogen-bond acceptors (Lipinski definition) is 5. The largest absolute Gasteiger partial charge is 0.542 e. The van der Waals surface area contributed by atoms with Gasteiger partial charge in [-0.1, -0.05) is 132 Å². The quantitative estimate of drug-likeness (QED) is 0.0398. The zero-order chi connectivity index (χ0) is 46.6. The van der Waals surface area contributed by atoms with Crippen LogP contribution in [0.2, 0.25) is 0 Å². The second-order valence-electron chi connectivity index (χ2n) is 16.1. The maximum Gasteiger partial charge on any atom is 0.416 e. The Balaban J connectivity index is 0.886. The van der Waals surface area contributed by atoms with E-state index in [-0.39, 0.29) is 23.0 Å². The van der Waals surface area contributed by atoms with Gasteiger partial charge in [0, 0.05) is 10.9 Å². The number of aromatic hydroxyl groups is 2. The van der Waals surface area contributed by atoms with Gasteiger partial charge in [0.2, 0.25) is 0 Å². The molecular weight excluding hydrogens is 851 g/mol. The number of carbonyl (C=O) groups excluding carboxylic acids is 1. The zero-order valence-electron chi connectivity index (χ0n) is 35.5. The maximum absolute atomic E-state index is 13.2. The van der Waals surface area contributed by atoms with Crippen LogP contribution in [0.5, 0.6) is 11.5 Å². The van der Waals surface area contributed by atoms with Crippen LogP contribution in [0.3, 0.4) is 0 Å². The summed E-state index contributed by atoms with van der Waals surface area (Å²) in [6.45, 7) is 1.92. The fourth-order valence-electron chi connectivity index (χ4n) is 7.97. The Kier molecular flexibility index (Phi) is 12.8. The Hall–Kier alpha value is -7.66. The molecule has 2 N–H and O–H groups in total. The molecule has 0 heterocycles. The molecule has 0 spiro atoms. The van der Waals surface area contributed by atoms with Gasteiger partial charge < -0.3 is 10.2 Å². The number of ketones is 1. The molecule has 0 fully saturated rings. The highest BCUT2D eigenvalue weighted by molar-refractivity contribution is 6.07. The standard InChI is InChI=1S/C55H41F6N2O3/c1-34(52-47-25-14-38(30-42(47)21-28-50(52)65)10-8-36-4-2-6-44(32-36)54(56,57)58)40-17-12-35(13-18-40)16-27-49(64)41-19-23-46(24-20-41)62-63-53-48-26-15-39(31-43(48)22-29-51(53)66)11-9-37-5-3-7-45(33-37)55(59,60)61/h2-7,12-33,65-66H,8-11H2,1H3/q-1. The van der Waals surface area contributed by atoms with E-state index in [0.717, 1.165) is 56.5 Å². The summed E-state index contributed by atoms with van der Waals surface area (Å²) < 4.78 is 79.1. The summed E-state index contributed by atoms with van der Waals surface area (Å²) in [4.78, 5) is 13.1. The average Bonchev–Trinajstić information content (AvgIpc) is 3.31. The highest BCUT2D eigenvalue weighted by Crippen LogP contribution is 2.39. The van der Waals surface area contributed by atoms with Gasteiger partial charge in [0.1, 0.15) is 11.4 Å². The molecule has 66 heavy (non-hydrogen) atoms. The minimum absolute atomic E-state index is 0.0727. The number of fused-ring (bicyclic) bond motifs is 2. The summed E-state index contributed by atoms with van der Waals surface area (Å²) in [5, 5.41) is 33.4. The number of allylic oxidation sites excluding steroid dienone is 1. The highest BCUT2D eigenvalue weighted by atomic mass is 19.4. The molecule has 0 aliphatic carbocycles. The second-order valence-corrected chi connectivity index (χ2v) is 16.1. The van der Waals surface area contributed by atoms with E-state index < -0.39 is 23.5 Å². The van der Waals surface area contributed by atoms with Crippen LogP contribution in [-0.4, -0.2) is 16.0 Å². The van der Waals surface area contributed by atoms with Gasteiger partial charge in [0.25, 0.3) is 0 Å². The van der Waals surface area contributed by atoms with Gasteiger partial charge >= 0.3 is 12.4 Å². The van der Waals surface area contributed by atoms with E-state index in [9.17, 15) is 41.4 Å². The van der Waals surface area contributed by atoms with Crippen molar-refractivity contribution in [1.29, 1.82) is 0 Å². The number of phenolic OH excluding ortho intramolecular Hbond substituents is 2. The van der Waals surface area contributed by atoms with E-state index in [1.165, 1.54) is 36.4 Å². The third kappa shape index (κ3) is 10.5. The maximum atomic E-state index is 13.2. The van der Waals surface area contributed by atoms with Crippen LogP contribution in [0.1, 0.15) is 67.4 Å². The van der Waals surface area contributed by atoms with Crippen LogP contribution in [0.25, 0.3) is 27.6 Å². The molecule has 0 atom stereocenters. The third-order valence-electron chi connectivity index (χ3n) is 11.6. The first-order valence-electron chi connectivity index (χ1n) is 21.1. The molecule has 332 valence electrons. The number of phenols is 2. The topological polar surface area (TPSA) is 82.2 Å². The molecule has 0 aliphatic heterocycles. The number of halogens is 6. The fourth-order valence-corrected chi connectivity index (χ4v) is 7.97. The smallest absolute Gasteiger partial charge is 0.416 e. The summed E-state index contributed by atoms with van der Waals surface area (Å²) in [5.74, 6) is 0.662. The molecule has 8 aromatic rings. The number of rotatable bonds is 13. The van der Waals surface area contributed by atoms with Crippen molar-refractivity contribution >= 4 is 44.8 Å². The van der Waals surface area contributed by atoms with Crippen LogP contribution in [0.15, 0.2) is 174 Å². The van der Waals surface area contributed by atoms with Crippen molar-refractivity contribution in [1.82, 2.24) is 0 Å². The number of nitrogens with zero attached hydrogens (tertiary/aromatic N) is 2. The Morgan fingerprint density at radius 1 is 0.561 bits per heavy atom. The van der Waals surface area contributed by atoms with Crippen LogP contribution < -0.4 is 0 Å². The summed E-state index contributed by atoms with van der Waals surface area (Å²) in [5.41, 5.74) is 5.22. The SMILES string of the molecule is C[C-](c1ccc(C=CC(=O)c2ccc(N=Nc3c(O)ccc4cc(CCc5cccc(C(F)(F)F)c5)ccc34)cc2)cc1)c1c(O)ccc2cc(CCc3cccc(C(F)(F)F)c3)ccc12. The molecule has 0 saturated heterocycles. The molecule has 0 amide bonds. The second kappa shape index (κ2) is 18.8. The molecule has 0 aliphatic rings. The number of azo groups is 1. The first-order chi connectivity index (χ1) is 31.6. The Morgan fingerprint density at radius 3 is 1.64 bits per heavy atom. The Labute approximate surface area is 377 Å². The summed E-state index contributed by atoms with van der Waals surface area (Å²) in [6.07, 6.45) is -3.66. The molecule has 0 unspecified atom stereocenters. The fraction of sp³-hybridized carbons (Fsp3) is 0.127. The number of benzene rings is 8. The lowest BCUT2D eigenvalue weighted by atomic mass is 9.87. The van der Waals surface area contributed by atoms with Crippen LogP contribution >= 0.6 is 0 Å². The van der Waals surface area contributed by atoms with Crippen molar-refractivity contribution in [3.05, 3.63) is 225 Å². The Bertz CT molecular complexity index is 3120. The van der Waals surface area contributed by atoms with Gasteiger partial charge in [-0.15, -0.1) is 28.7 Å². The van der Waals surface area contributed by atoms with E-state index in [1.54, 1.807) is 60.7 Å². The lowest BCUT2D eigenvalue weighted by molar-refractivity contribution is -0.138. The van der Waals surface area contributed by atoms with E-state index in [2.05, 4.69) is 10.2 Å². The molecule has 0 aromatic heterocycles. The number of alkyl halides is 6. The van der Waals surface area contributed by atoms with Crippen LogP contribution in [-0.2, 0) is 38.0 Å². The van der Waals surface area contributed by atoms with Gasteiger partial charge in [-0.3, -0.25) is 4.79 Å². The predicted molar refractivity (Wildman–Crippen MR) is 246 cm³/mol. The van der Waals surface area contributed by atoms with Crippen LogP contribution in [0.4, 0.5) is 37.7 Å². The van der Waals surface area contributed by atoms with Crippen molar-refractivity contribution in [2.45, 2.75) is 45.0 Å². The molecule has 0 bridgehead atoms. The lowest BCUT2D eigenvalue weighted by Gasteiger charge is -2.25. The van der Waals surface area contributed by atoms with Gasteiger partial charge in [-0.05, 0) is 107 Å². The minimum Gasteiger partial charge on any atom is -0.542 e. The lowest BCUT2D eigenvalue weighted by Crippen LogP contribution is -2.05. The van der Waals surface area contributed by atoms with Gasteiger partial charge in [0.15, 0.2) is 5.78 Å². The van der Waals surface area contributed by atoms with Gasteiger partial charge in [-0.2, -0.15) is 31.5 Å². The highest BCUT2D eigenvalue weighted by Gasteiger charge is 2.31. The monoisotopic (exact) mass is 891 g/mol. The molecule has 0 radical (unpaired) electrons. The van der Waals surface area contributed by atoms with E-state index >= 15 is 0 Å². The van der Waals surface area contributed by atoms with Crippen LogP contribution in [0, 0.1) is 5.92 Å². The molecule has 5 nitrogen and oxygen atoms in total. The summed E-state index contributed by atoms with van der Waals surface area (Å²) >= 11 is 0. The number of carbonyl (C=O) groups is 1. The zero-order valence-corrected chi connectivity index (χ0v) is 35.5. The van der Waals surface area contributed by atoms with Gasteiger partial charge in [0.05, 0.1) is 22.6 Å². The van der Waals surface area contributed by atoms with Gasteiger partial charge in [-0.25, -0.2) is 0 Å². The minimum atomic E-state index is -4.40. The average molecular weight is 892 g/mol. The number of aryl methyl sites for hydroxylation is 4. The number of hydrogen-bond donors (Lipinski definition) is 2. The summed E-state index contributed by atoms with van der Waals surface area (Å²) in [7, 11) is 0. The van der Waals surface area contributed by atoms with Crippen molar-refractivity contribution in [3.63, 3.8) is 0 Å². The normalized spacial score (nSPS) is 12.2. The molecule has 11 heteroatoms. The molecular formula is C55H41F6N2O3-. The van der Waals surface area contributed by atoms with E-state index in [1.807, 2.05) is 67.6 Å². The first-order valence-corrected chi connectivity index (χ1v) is 21.1. The van der Waals surface area contributed by atoms with Crippen molar-refractivity contribution < 1.29 is 41.4 Å². The van der Waals surface area contributed by atoms with E-state index in [4.69, 9.17) is 0 Å². The van der Waals surface area contributed by atoms with Crippen molar-refractivity contribution in [2.75, 3.05) is 0 Å². The molecule has 8 aromatic carbocycles. The Morgan fingerprint density at radius 2 is 1.08 bits per heavy atom. The molecule has 0 saturated carbocycles. The van der Waals surface area contributed by atoms with E-state index in [0.29, 0.717) is 59.0 Å². The molecule has 8 rings (SSSR count). The van der Waals surface area contributed by atoms with Crippen molar-refractivity contribution in [3.8, 4) is 11.5 Å². The van der Waals surface area contributed by atoms with Crippen molar-refractivity contribution in [2.24, 2.45) is 10.2 Å².